The lowest BCUT2D eigenvalue weighted by atomic mass is 9.94. The zero-order valence-electron chi connectivity index (χ0n) is 11.8. The van der Waals surface area contributed by atoms with Crippen LogP contribution in [0.1, 0.15) is 33.1 Å². The van der Waals surface area contributed by atoms with Gasteiger partial charge in [0, 0.05) is 4.90 Å². The van der Waals surface area contributed by atoms with Gasteiger partial charge in [-0.3, -0.25) is 4.79 Å². The van der Waals surface area contributed by atoms with E-state index in [1.807, 2.05) is 31.7 Å². The van der Waals surface area contributed by atoms with Crippen LogP contribution < -0.4 is 11.1 Å². The predicted molar refractivity (Wildman–Crippen MR) is 82.3 cm³/mol. The van der Waals surface area contributed by atoms with Crippen molar-refractivity contribution in [3.63, 3.8) is 0 Å². The van der Waals surface area contributed by atoms with Crippen LogP contribution in [0.2, 0.25) is 0 Å². The second-order valence-corrected chi connectivity index (χ2v) is 6.01. The van der Waals surface area contributed by atoms with Gasteiger partial charge in [0.05, 0.1) is 5.54 Å². The van der Waals surface area contributed by atoms with E-state index < -0.39 is 5.54 Å². The summed E-state index contributed by atoms with van der Waals surface area (Å²) in [6.07, 6.45) is 2.89. The molecule has 0 saturated carbocycles. The van der Waals surface area contributed by atoms with Gasteiger partial charge in [-0.05, 0) is 44.2 Å². The van der Waals surface area contributed by atoms with Gasteiger partial charge in [-0.2, -0.15) is 0 Å². The minimum atomic E-state index is -0.563. The summed E-state index contributed by atoms with van der Waals surface area (Å²) in [5.74, 6) is 0.815. The second-order valence-electron chi connectivity index (χ2n) is 4.85. The fourth-order valence-corrected chi connectivity index (χ4v) is 2.91. The fraction of sp³-hybridized carbons (Fsp3) is 0.533. The Morgan fingerprint density at radius 2 is 2.00 bits per heavy atom. The molecule has 0 aromatic heterocycles. The number of likely N-dealkylation sites (N-methyl/N-ethyl adjacent to an activating group) is 1. The smallest absolute Gasteiger partial charge is 0.237 e. The van der Waals surface area contributed by atoms with Gasteiger partial charge in [0.1, 0.15) is 0 Å². The van der Waals surface area contributed by atoms with E-state index in [1.165, 1.54) is 4.90 Å². The summed E-state index contributed by atoms with van der Waals surface area (Å²) in [4.78, 5) is 12.7. The number of amides is 1. The van der Waals surface area contributed by atoms with E-state index in [2.05, 4.69) is 29.6 Å². The highest BCUT2D eigenvalue weighted by Crippen LogP contribution is 2.20. The van der Waals surface area contributed by atoms with E-state index in [1.54, 1.807) is 0 Å². The Bertz CT molecular complexity index is 383. The van der Waals surface area contributed by atoms with Gasteiger partial charge in [-0.25, -0.2) is 0 Å². The third kappa shape index (κ3) is 5.66. The van der Waals surface area contributed by atoms with E-state index >= 15 is 0 Å². The largest absolute Gasteiger partial charge is 0.368 e. The highest BCUT2D eigenvalue weighted by molar-refractivity contribution is 7.99. The van der Waals surface area contributed by atoms with Crippen LogP contribution in [-0.4, -0.2) is 23.7 Å². The molecule has 1 atom stereocenters. The molecule has 0 heterocycles. The van der Waals surface area contributed by atoms with E-state index in [4.69, 9.17) is 5.73 Å². The van der Waals surface area contributed by atoms with Crippen LogP contribution >= 0.6 is 11.8 Å². The molecule has 106 valence electrons. The molecule has 1 aromatic carbocycles. The Labute approximate surface area is 120 Å². The summed E-state index contributed by atoms with van der Waals surface area (Å²) in [6, 6.07) is 10.4. The first-order valence-corrected chi connectivity index (χ1v) is 7.80. The number of nitrogens with one attached hydrogen (secondary N) is 1. The van der Waals surface area contributed by atoms with E-state index in [-0.39, 0.29) is 5.91 Å². The molecule has 0 aliphatic heterocycles. The van der Waals surface area contributed by atoms with E-state index in [0.29, 0.717) is 0 Å². The first-order valence-electron chi connectivity index (χ1n) is 6.81. The van der Waals surface area contributed by atoms with E-state index in [9.17, 15) is 4.79 Å². The Hall–Kier alpha value is -1.00. The molecule has 0 aliphatic rings. The molecule has 0 fully saturated rings. The highest BCUT2D eigenvalue weighted by Gasteiger charge is 2.28. The summed E-state index contributed by atoms with van der Waals surface area (Å²) in [5.41, 5.74) is 4.89. The number of thioether (sulfide) groups is 1. The third-order valence-corrected chi connectivity index (χ3v) is 4.29. The summed E-state index contributed by atoms with van der Waals surface area (Å²) in [6.45, 7) is 4.65. The molecule has 19 heavy (non-hydrogen) atoms. The van der Waals surface area contributed by atoms with Gasteiger partial charge >= 0.3 is 0 Å². The summed E-state index contributed by atoms with van der Waals surface area (Å²) < 4.78 is 0. The van der Waals surface area contributed by atoms with Gasteiger partial charge in [-0.15, -0.1) is 11.8 Å². The maximum absolute atomic E-state index is 11.5. The zero-order chi connectivity index (χ0) is 14.1. The van der Waals surface area contributed by atoms with Crippen LogP contribution in [0.25, 0.3) is 0 Å². The normalized spacial score (nSPS) is 14.0. The SMILES string of the molecule is CCNC(C)(CCCCSc1ccccc1)C(N)=O. The number of rotatable bonds is 9. The molecule has 0 aliphatic carbocycles. The molecule has 1 unspecified atom stereocenters. The van der Waals surface area contributed by atoms with Crippen molar-refractivity contribution < 1.29 is 4.79 Å². The van der Waals surface area contributed by atoms with Crippen molar-refractivity contribution in [3.05, 3.63) is 30.3 Å². The fourth-order valence-electron chi connectivity index (χ4n) is 1.98. The molecular formula is C15H24N2OS. The number of benzene rings is 1. The topological polar surface area (TPSA) is 55.1 Å². The van der Waals surface area contributed by atoms with Crippen molar-refractivity contribution in [3.8, 4) is 0 Å². The van der Waals surface area contributed by atoms with Crippen molar-refractivity contribution >= 4 is 17.7 Å². The molecular weight excluding hydrogens is 256 g/mol. The molecule has 1 aromatic rings. The number of carbonyl (C=O) groups is 1. The van der Waals surface area contributed by atoms with Gasteiger partial charge < -0.3 is 11.1 Å². The summed E-state index contributed by atoms with van der Waals surface area (Å²) in [5, 5.41) is 3.19. The molecule has 1 rings (SSSR count). The molecule has 0 spiro atoms. The van der Waals surface area contributed by atoms with Crippen LogP contribution in [0.15, 0.2) is 35.2 Å². The highest BCUT2D eigenvalue weighted by atomic mass is 32.2. The third-order valence-electron chi connectivity index (χ3n) is 3.19. The first-order chi connectivity index (χ1) is 9.08. The molecule has 1 amide bonds. The van der Waals surface area contributed by atoms with Gasteiger partial charge in [0.25, 0.3) is 0 Å². The lowest BCUT2D eigenvalue weighted by molar-refractivity contribution is -0.124. The van der Waals surface area contributed by atoms with Crippen LogP contribution in [0, 0.1) is 0 Å². The van der Waals surface area contributed by atoms with E-state index in [0.717, 1.165) is 31.6 Å². The molecule has 0 saturated heterocycles. The zero-order valence-corrected chi connectivity index (χ0v) is 12.6. The average Bonchev–Trinajstić information content (AvgIpc) is 2.39. The van der Waals surface area contributed by atoms with Crippen LogP contribution in [0.5, 0.6) is 0 Å². The standard InChI is InChI=1S/C15H24N2OS/c1-3-17-15(2,14(16)18)11-7-8-12-19-13-9-5-4-6-10-13/h4-6,9-10,17H,3,7-8,11-12H2,1-2H3,(H2,16,18). The minimum absolute atomic E-state index is 0.259. The Morgan fingerprint density at radius 1 is 1.32 bits per heavy atom. The quantitative estimate of drug-likeness (QED) is 0.540. The number of hydrogen-bond acceptors (Lipinski definition) is 3. The Kier molecular flexibility index (Phi) is 6.95. The van der Waals surface area contributed by atoms with Crippen molar-refractivity contribution in [1.29, 1.82) is 0 Å². The van der Waals surface area contributed by atoms with Gasteiger partial charge in [0.2, 0.25) is 5.91 Å². The summed E-state index contributed by atoms with van der Waals surface area (Å²) in [7, 11) is 0. The molecule has 0 radical (unpaired) electrons. The average molecular weight is 280 g/mol. The number of carbonyl (C=O) groups excluding carboxylic acids is 1. The molecule has 4 heteroatoms. The van der Waals surface area contributed by atoms with Crippen LogP contribution in [0.4, 0.5) is 0 Å². The Balaban J connectivity index is 2.24. The summed E-state index contributed by atoms with van der Waals surface area (Å²) >= 11 is 1.86. The maximum Gasteiger partial charge on any atom is 0.237 e. The second kappa shape index (κ2) is 8.23. The molecule has 3 nitrogen and oxygen atoms in total. The maximum atomic E-state index is 11.5. The monoisotopic (exact) mass is 280 g/mol. The molecule has 0 bridgehead atoms. The first kappa shape index (κ1) is 16.1. The van der Waals surface area contributed by atoms with Crippen LogP contribution in [-0.2, 0) is 4.79 Å². The van der Waals surface area contributed by atoms with Gasteiger partial charge in [-0.1, -0.05) is 31.5 Å². The number of hydrogen-bond donors (Lipinski definition) is 2. The van der Waals surface area contributed by atoms with Crippen molar-refractivity contribution in [2.45, 2.75) is 43.5 Å². The van der Waals surface area contributed by atoms with Crippen molar-refractivity contribution in [2.75, 3.05) is 12.3 Å². The number of primary amides is 1. The van der Waals surface area contributed by atoms with Crippen molar-refractivity contribution in [2.24, 2.45) is 5.73 Å². The number of unbranched alkanes of at least 4 members (excludes halogenated alkanes) is 1. The minimum Gasteiger partial charge on any atom is -0.368 e. The molecule has 3 N–H and O–H groups in total. The lowest BCUT2D eigenvalue weighted by Crippen LogP contribution is -2.52. The van der Waals surface area contributed by atoms with Gasteiger partial charge in [0.15, 0.2) is 0 Å². The Morgan fingerprint density at radius 3 is 2.58 bits per heavy atom. The number of nitrogens with two attached hydrogens (primary N) is 1. The lowest BCUT2D eigenvalue weighted by Gasteiger charge is -2.26. The predicted octanol–water partition coefficient (Wildman–Crippen LogP) is 2.80. The van der Waals surface area contributed by atoms with Crippen molar-refractivity contribution in [1.82, 2.24) is 5.32 Å². The van der Waals surface area contributed by atoms with Crippen LogP contribution in [0.3, 0.4) is 0 Å².